The van der Waals surface area contributed by atoms with Gasteiger partial charge in [-0.1, -0.05) is 24.3 Å². The Labute approximate surface area is 104 Å². The van der Waals surface area contributed by atoms with E-state index in [1.54, 1.807) is 24.3 Å². The minimum Gasteiger partial charge on any atom is -0.300 e. The van der Waals surface area contributed by atoms with Gasteiger partial charge in [0.15, 0.2) is 0 Å². The Morgan fingerprint density at radius 2 is 1.72 bits per heavy atom. The van der Waals surface area contributed by atoms with E-state index in [2.05, 4.69) is 0 Å². The van der Waals surface area contributed by atoms with Gasteiger partial charge in [0.05, 0.1) is 0 Å². The SMILES string of the molecule is CC(=O)Cc1ccc(-c2ccc(F)cc2F)cc1. The lowest BCUT2D eigenvalue weighted by Gasteiger charge is -2.05. The van der Waals surface area contributed by atoms with E-state index >= 15 is 0 Å². The summed E-state index contributed by atoms with van der Waals surface area (Å²) in [5.41, 5.74) is 1.90. The van der Waals surface area contributed by atoms with Crippen LogP contribution in [0.15, 0.2) is 42.5 Å². The Hall–Kier alpha value is -2.03. The fourth-order valence-corrected chi connectivity index (χ4v) is 1.81. The largest absolute Gasteiger partial charge is 0.300 e. The van der Waals surface area contributed by atoms with Crippen LogP contribution in [0.25, 0.3) is 11.1 Å². The lowest BCUT2D eigenvalue weighted by molar-refractivity contribution is -0.116. The van der Waals surface area contributed by atoms with Crippen molar-refractivity contribution in [3.63, 3.8) is 0 Å². The monoisotopic (exact) mass is 246 g/mol. The standard InChI is InChI=1S/C15H12F2O/c1-10(18)8-11-2-4-12(5-3-11)14-7-6-13(16)9-15(14)17/h2-7,9H,8H2,1H3. The van der Waals surface area contributed by atoms with Crippen molar-refractivity contribution in [2.75, 3.05) is 0 Å². The molecular formula is C15H12F2O. The molecule has 0 heterocycles. The molecule has 2 aromatic rings. The van der Waals surface area contributed by atoms with E-state index in [0.29, 0.717) is 17.5 Å². The maximum Gasteiger partial charge on any atom is 0.134 e. The number of hydrogen-bond donors (Lipinski definition) is 0. The second-order valence-corrected chi connectivity index (χ2v) is 4.20. The van der Waals surface area contributed by atoms with Crippen LogP contribution in [0.4, 0.5) is 8.78 Å². The molecule has 0 bridgehead atoms. The first kappa shape index (κ1) is 12.4. The Balaban J connectivity index is 2.31. The molecule has 0 unspecified atom stereocenters. The molecule has 0 fully saturated rings. The fraction of sp³-hybridized carbons (Fsp3) is 0.133. The number of benzene rings is 2. The van der Waals surface area contributed by atoms with Crippen molar-refractivity contribution in [1.82, 2.24) is 0 Å². The molecule has 0 spiro atoms. The molecule has 0 aromatic heterocycles. The van der Waals surface area contributed by atoms with Crippen LogP contribution in [0.2, 0.25) is 0 Å². The van der Waals surface area contributed by atoms with Gasteiger partial charge in [0.2, 0.25) is 0 Å². The highest BCUT2D eigenvalue weighted by atomic mass is 19.1. The van der Waals surface area contributed by atoms with Crippen molar-refractivity contribution in [3.05, 3.63) is 59.7 Å². The molecule has 0 atom stereocenters. The van der Waals surface area contributed by atoms with Gasteiger partial charge in [-0.25, -0.2) is 8.78 Å². The van der Waals surface area contributed by atoms with Crippen LogP contribution < -0.4 is 0 Å². The molecule has 0 aliphatic rings. The Morgan fingerprint density at radius 1 is 1.06 bits per heavy atom. The van der Waals surface area contributed by atoms with Crippen LogP contribution in [0.5, 0.6) is 0 Å². The highest BCUT2D eigenvalue weighted by molar-refractivity contribution is 5.78. The van der Waals surface area contributed by atoms with E-state index in [1.165, 1.54) is 19.1 Å². The third-order valence-corrected chi connectivity index (χ3v) is 2.65. The van der Waals surface area contributed by atoms with E-state index in [4.69, 9.17) is 0 Å². The maximum atomic E-state index is 13.6. The number of Topliss-reactive ketones (excluding diaryl/α,β-unsaturated/α-hetero) is 1. The number of rotatable bonds is 3. The van der Waals surface area contributed by atoms with Crippen molar-refractivity contribution in [2.45, 2.75) is 13.3 Å². The van der Waals surface area contributed by atoms with Crippen LogP contribution >= 0.6 is 0 Å². The first-order valence-electron chi connectivity index (χ1n) is 5.60. The second-order valence-electron chi connectivity index (χ2n) is 4.20. The Kier molecular flexibility index (Phi) is 3.51. The lowest BCUT2D eigenvalue weighted by atomic mass is 10.0. The summed E-state index contributed by atoms with van der Waals surface area (Å²) >= 11 is 0. The van der Waals surface area contributed by atoms with Crippen LogP contribution in [-0.2, 0) is 11.2 Å². The van der Waals surface area contributed by atoms with Gasteiger partial charge in [0.25, 0.3) is 0 Å². The molecule has 0 saturated heterocycles. The summed E-state index contributed by atoms with van der Waals surface area (Å²) in [5, 5.41) is 0. The minimum atomic E-state index is -0.593. The highest BCUT2D eigenvalue weighted by Gasteiger charge is 2.06. The zero-order valence-electron chi connectivity index (χ0n) is 9.91. The summed E-state index contributed by atoms with van der Waals surface area (Å²) in [6, 6.07) is 10.5. The number of carbonyl (C=O) groups excluding carboxylic acids is 1. The molecule has 0 aliphatic carbocycles. The van der Waals surface area contributed by atoms with Gasteiger partial charge in [0.1, 0.15) is 17.4 Å². The van der Waals surface area contributed by atoms with Crippen molar-refractivity contribution in [2.24, 2.45) is 0 Å². The Morgan fingerprint density at radius 3 is 2.28 bits per heavy atom. The van der Waals surface area contributed by atoms with Crippen molar-refractivity contribution in [3.8, 4) is 11.1 Å². The fourth-order valence-electron chi connectivity index (χ4n) is 1.81. The predicted molar refractivity (Wildman–Crippen MR) is 66.2 cm³/mol. The summed E-state index contributed by atoms with van der Waals surface area (Å²) < 4.78 is 26.3. The number of carbonyl (C=O) groups is 1. The van der Waals surface area contributed by atoms with Crippen LogP contribution in [-0.4, -0.2) is 5.78 Å². The van der Waals surface area contributed by atoms with Crippen molar-refractivity contribution >= 4 is 5.78 Å². The third kappa shape index (κ3) is 2.80. The summed E-state index contributed by atoms with van der Waals surface area (Å²) in [4.78, 5) is 11.0. The van der Waals surface area contributed by atoms with Gasteiger partial charge in [-0.05, 0) is 30.2 Å². The minimum absolute atomic E-state index is 0.0794. The molecule has 92 valence electrons. The Bertz CT molecular complexity index is 574. The van der Waals surface area contributed by atoms with E-state index in [0.717, 1.165) is 11.6 Å². The van der Waals surface area contributed by atoms with E-state index < -0.39 is 11.6 Å². The van der Waals surface area contributed by atoms with E-state index in [9.17, 15) is 13.6 Å². The third-order valence-electron chi connectivity index (χ3n) is 2.65. The molecule has 2 aromatic carbocycles. The van der Waals surface area contributed by atoms with Crippen LogP contribution in [0.1, 0.15) is 12.5 Å². The van der Waals surface area contributed by atoms with E-state index in [1.807, 2.05) is 0 Å². The average Bonchev–Trinajstić information content (AvgIpc) is 2.30. The molecule has 18 heavy (non-hydrogen) atoms. The molecule has 1 nitrogen and oxygen atoms in total. The summed E-state index contributed by atoms with van der Waals surface area (Å²) in [6.45, 7) is 1.52. The summed E-state index contributed by atoms with van der Waals surface area (Å²) in [5.74, 6) is -1.10. The molecule has 0 radical (unpaired) electrons. The molecular weight excluding hydrogens is 234 g/mol. The van der Waals surface area contributed by atoms with Gasteiger partial charge >= 0.3 is 0 Å². The van der Waals surface area contributed by atoms with Crippen molar-refractivity contribution in [1.29, 1.82) is 0 Å². The highest BCUT2D eigenvalue weighted by Crippen LogP contribution is 2.23. The molecule has 0 N–H and O–H groups in total. The molecule has 0 amide bonds. The molecule has 3 heteroatoms. The zero-order valence-corrected chi connectivity index (χ0v) is 9.91. The second kappa shape index (κ2) is 5.08. The topological polar surface area (TPSA) is 17.1 Å². The molecule has 0 aliphatic heterocycles. The predicted octanol–water partition coefficient (Wildman–Crippen LogP) is 3.76. The van der Waals surface area contributed by atoms with Crippen molar-refractivity contribution < 1.29 is 13.6 Å². The van der Waals surface area contributed by atoms with Gasteiger partial charge in [0, 0.05) is 18.1 Å². The number of hydrogen-bond acceptors (Lipinski definition) is 1. The molecule has 0 saturated carbocycles. The smallest absolute Gasteiger partial charge is 0.134 e. The van der Waals surface area contributed by atoms with Gasteiger partial charge < -0.3 is 0 Å². The van der Waals surface area contributed by atoms with E-state index in [-0.39, 0.29) is 5.78 Å². The molecule has 2 rings (SSSR count). The van der Waals surface area contributed by atoms with Gasteiger partial charge in [-0.3, -0.25) is 4.79 Å². The van der Waals surface area contributed by atoms with Crippen LogP contribution in [0.3, 0.4) is 0 Å². The zero-order chi connectivity index (χ0) is 13.1. The van der Waals surface area contributed by atoms with Crippen LogP contribution in [0, 0.1) is 11.6 Å². The summed E-state index contributed by atoms with van der Waals surface area (Å²) in [6.07, 6.45) is 0.367. The number of ketones is 1. The van der Waals surface area contributed by atoms with Gasteiger partial charge in [-0.2, -0.15) is 0 Å². The summed E-state index contributed by atoms with van der Waals surface area (Å²) in [7, 11) is 0. The first-order valence-corrected chi connectivity index (χ1v) is 5.60. The average molecular weight is 246 g/mol. The first-order chi connectivity index (χ1) is 8.56. The normalized spacial score (nSPS) is 10.4. The maximum absolute atomic E-state index is 13.6. The van der Waals surface area contributed by atoms with Gasteiger partial charge in [-0.15, -0.1) is 0 Å². The quantitative estimate of drug-likeness (QED) is 0.805. The lowest BCUT2D eigenvalue weighted by Crippen LogP contribution is -1.95. The number of halogens is 2.